The first-order valence-corrected chi connectivity index (χ1v) is 16.2. The van der Waals surface area contributed by atoms with Gasteiger partial charge in [-0.1, -0.05) is 80.4 Å². The van der Waals surface area contributed by atoms with Crippen molar-refractivity contribution in [3.05, 3.63) is 174 Å². The smallest absolute Gasteiger partial charge is 0.335 e. The highest BCUT2D eigenvalue weighted by molar-refractivity contribution is 5.92. The van der Waals surface area contributed by atoms with Gasteiger partial charge in [0.15, 0.2) is 0 Å². The largest absolute Gasteiger partial charge is 0.423 e. The second-order valence-corrected chi connectivity index (χ2v) is 12.1. The highest BCUT2D eigenvalue weighted by Crippen LogP contribution is 2.37. The highest BCUT2D eigenvalue weighted by Gasteiger charge is 2.30. The van der Waals surface area contributed by atoms with Gasteiger partial charge in [-0.15, -0.1) is 0 Å². The zero-order valence-electron chi connectivity index (χ0n) is 27.5. The molecule has 2 aliphatic rings. The molecule has 0 saturated carbocycles. The van der Waals surface area contributed by atoms with Gasteiger partial charge in [-0.25, -0.2) is 9.59 Å². The second-order valence-electron chi connectivity index (χ2n) is 12.1. The standard InChI is InChI=1S/C42H36N2O6/c1-4-39(45)43-25-32-21-28(17-19-36(32)38(26-43)30-13-10-15-34(23-30)50-42(48)6-3)18-20-40(46)44-24-31-11-7-8-16-35(31)37(27-44)29-12-9-14-33(22-29)49-41(47)5-2/h4-23,37-38H,1-3,24-27H2/b20-18+/t37-,38+/m1/s1. The molecule has 0 aromatic heterocycles. The van der Waals surface area contributed by atoms with Gasteiger partial charge in [0.25, 0.3) is 0 Å². The van der Waals surface area contributed by atoms with Crippen molar-refractivity contribution < 1.29 is 28.7 Å². The van der Waals surface area contributed by atoms with Crippen molar-refractivity contribution in [1.29, 1.82) is 0 Å². The van der Waals surface area contributed by atoms with Crippen LogP contribution in [0.15, 0.2) is 135 Å². The molecule has 250 valence electrons. The van der Waals surface area contributed by atoms with Crippen LogP contribution < -0.4 is 9.47 Å². The predicted molar refractivity (Wildman–Crippen MR) is 191 cm³/mol. The van der Waals surface area contributed by atoms with E-state index in [1.165, 1.54) is 6.08 Å². The third kappa shape index (κ3) is 7.39. The Hall–Kier alpha value is -6.28. The summed E-state index contributed by atoms with van der Waals surface area (Å²) in [4.78, 5) is 53.7. The normalized spacial score (nSPS) is 16.5. The Balaban J connectivity index is 1.25. The molecule has 0 bridgehead atoms. The Morgan fingerprint density at radius 3 is 1.76 bits per heavy atom. The molecule has 4 aromatic carbocycles. The predicted octanol–water partition coefficient (Wildman–Crippen LogP) is 6.72. The lowest BCUT2D eigenvalue weighted by molar-refractivity contribution is -0.129. The fraction of sp³-hybridized carbons (Fsp3) is 0.143. The zero-order chi connectivity index (χ0) is 35.2. The summed E-state index contributed by atoms with van der Waals surface area (Å²) in [5.41, 5.74) is 6.82. The van der Waals surface area contributed by atoms with Crippen molar-refractivity contribution in [1.82, 2.24) is 9.80 Å². The van der Waals surface area contributed by atoms with Crippen LogP contribution in [0.4, 0.5) is 0 Å². The van der Waals surface area contributed by atoms with E-state index >= 15 is 0 Å². The van der Waals surface area contributed by atoms with E-state index in [-0.39, 0.29) is 23.7 Å². The number of carbonyl (C=O) groups excluding carboxylic acids is 4. The molecule has 6 rings (SSSR count). The average molecular weight is 665 g/mol. The van der Waals surface area contributed by atoms with E-state index in [1.54, 1.807) is 35.3 Å². The Morgan fingerprint density at radius 1 is 0.600 bits per heavy atom. The van der Waals surface area contributed by atoms with Crippen molar-refractivity contribution in [3.63, 3.8) is 0 Å². The lowest BCUT2D eigenvalue weighted by Crippen LogP contribution is -2.37. The minimum Gasteiger partial charge on any atom is -0.423 e. The number of fused-ring (bicyclic) bond motifs is 2. The number of ether oxygens (including phenoxy) is 2. The van der Waals surface area contributed by atoms with E-state index in [0.29, 0.717) is 37.7 Å². The van der Waals surface area contributed by atoms with Gasteiger partial charge in [-0.3, -0.25) is 9.59 Å². The Kier molecular flexibility index (Phi) is 10.00. The van der Waals surface area contributed by atoms with Crippen molar-refractivity contribution in [3.8, 4) is 11.5 Å². The van der Waals surface area contributed by atoms with Gasteiger partial charge in [-0.2, -0.15) is 0 Å². The summed E-state index contributed by atoms with van der Waals surface area (Å²) in [6, 6.07) is 28.7. The molecule has 4 aromatic rings. The summed E-state index contributed by atoms with van der Waals surface area (Å²) in [6.07, 6.45) is 6.92. The molecule has 0 N–H and O–H groups in total. The minimum atomic E-state index is -0.550. The number of amides is 2. The first-order chi connectivity index (χ1) is 24.3. The van der Waals surface area contributed by atoms with Crippen molar-refractivity contribution in [2.24, 2.45) is 0 Å². The van der Waals surface area contributed by atoms with Crippen molar-refractivity contribution in [2.75, 3.05) is 13.1 Å². The Labute approximate surface area is 291 Å². The fourth-order valence-corrected chi connectivity index (χ4v) is 6.62. The molecule has 0 fully saturated rings. The topological polar surface area (TPSA) is 93.2 Å². The summed E-state index contributed by atoms with van der Waals surface area (Å²) in [7, 11) is 0. The van der Waals surface area contributed by atoms with Crippen LogP contribution in [0, 0.1) is 0 Å². The monoisotopic (exact) mass is 664 g/mol. The van der Waals surface area contributed by atoms with Crippen LogP contribution in [-0.4, -0.2) is 46.6 Å². The SMILES string of the molecule is C=CC(=O)Oc1cccc([C@H]2CN(C(=O)/C=C/c3ccc4c(c3)CN(C(=O)C=C)C[C@H]4c3cccc(OC(=O)C=C)c3)Cc3ccccc32)c1. The molecule has 2 heterocycles. The van der Waals surface area contributed by atoms with Crippen LogP contribution in [0.25, 0.3) is 6.08 Å². The maximum absolute atomic E-state index is 13.7. The first kappa shape index (κ1) is 33.6. The summed E-state index contributed by atoms with van der Waals surface area (Å²) in [6.45, 7) is 12.4. The fourth-order valence-electron chi connectivity index (χ4n) is 6.62. The molecule has 2 amide bonds. The van der Waals surface area contributed by atoms with Gasteiger partial charge in [-0.05, 0) is 81.4 Å². The number of carbonyl (C=O) groups is 4. The van der Waals surface area contributed by atoms with Gasteiger partial charge < -0.3 is 19.3 Å². The maximum Gasteiger partial charge on any atom is 0.335 e. The van der Waals surface area contributed by atoms with Gasteiger partial charge in [0.05, 0.1) is 0 Å². The van der Waals surface area contributed by atoms with Gasteiger partial charge in [0, 0.05) is 56.2 Å². The van der Waals surface area contributed by atoms with Crippen molar-refractivity contribution in [2.45, 2.75) is 24.9 Å². The molecule has 0 unspecified atom stereocenters. The lowest BCUT2D eigenvalue weighted by Gasteiger charge is -2.35. The summed E-state index contributed by atoms with van der Waals surface area (Å²) in [5, 5.41) is 0. The van der Waals surface area contributed by atoms with E-state index in [2.05, 4.69) is 25.8 Å². The number of benzene rings is 4. The molecule has 8 nitrogen and oxygen atoms in total. The van der Waals surface area contributed by atoms with E-state index in [9.17, 15) is 19.2 Å². The molecule has 2 aliphatic heterocycles. The van der Waals surface area contributed by atoms with E-state index < -0.39 is 11.9 Å². The summed E-state index contributed by atoms with van der Waals surface area (Å²) < 4.78 is 10.7. The zero-order valence-corrected chi connectivity index (χ0v) is 27.5. The van der Waals surface area contributed by atoms with Crippen LogP contribution >= 0.6 is 0 Å². The third-order valence-electron chi connectivity index (χ3n) is 9.01. The van der Waals surface area contributed by atoms with Crippen molar-refractivity contribution >= 4 is 29.8 Å². The summed E-state index contributed by atoms with van der Waals surface area (Å²) >= 11 is 0. The number of hydrogen-bond acceptors (Lipinski definition) is 6. The van der Waals surface area contributed by atoms with Crippen LogP contribution in [0.5, 0.6) is 11.5 Å². The maximum atomic E-state index is 13.7. The number of hydrogen-bond donors (Lipinski definition) is 0. The van der Waals surface area contributed by atoms with Crippen LogP contribution in [0.3, 0.4) is 0 Å². The molecule has 0 aliphatic carbocycles. The highest BCUT2D eigenvalue weighted by atomic mass is 16.5. The molecule has 0 radical (unpaired) electrons. The molecule has 50 heavy (non-hydrogen) atoms. The number of nitrogens with zero attached hydrogens (tertiary/aromatic N) is 2. The molecular weight excluding hydrogens is 628 g/mol. The number of rotatable bonds is 9. The van der Waals surface area contributed by atoms with E-state index in [1.807, 2.05) is 71.6 Å². The van der Waals surface area contributed by atoms with E-state index in [0.717, 1.165) is 51.1 Å². The molecular formula is C42H36N2O6. The van der Waals surface area contributed by atoms with Crippen LogP contribution in [0.2, 0.25) is 0 Å². The third-order valence-corrected chi connectivity index (χ3v) is 9.01. The molecule has 0 saturated heterocycles. The van der Waals surface area contributed by atoms with Gasteiger partial charge in [0.2, 0.25) is 11.8 Å². The first-order valence-electron chi connectivity index (χ1n) is 16.2. The van der Waals surface area contributed by atoms with E-state index in [4.69, 9.17) is 9.47 Å². The number of esters is 2. The average Bonchev–Trinajstić information content (AvgIpc) is 3.15. The quantitative estimate of drug-likeness (QED) is 0.112. The van der Waals surface area contributed by atoms with Crippen LogP contribution in [0.1, 0.15) is 50.8 Å². The van der Waals surface area contributed by atoms with Gasteiger partial charge in [0.1, 0.15) is 11.5 Å². The molecule has 2 atom stereocenters. The molecule has 8 heteroatoms. The Morgan fingerprint density at radius 2 is 1.16 bits per heavy atom. The van der Waals surface area contributed by atoms with Gasteiger partial charge >= 0.3 is 11.9 Å². The second kappa shape index (κ2) is 14.9. The minimum absolute atomic E-state index is 0.118. The summed E-state index contributed by atoms with van der Waals surface area (Å²) in [5.74, 6) is -0.886. The lowest BCUT2D eigenvalue weighted by atomic mass is 9.83. The Bertz CT molecular complexity index is 2050. The van der Waals surface area contributed by atoms with Crippen LogP contribution in [-0.2, 0) is 32.3 Å². The molecule has 0 spiro atoms.